The maximum absolute atomic E-state index is 9.31. The highest BCUT2D eigenvalue weighted by Gasteiger charge is 2.05. The van der Waals surface area contributed by atoms with Gasteiger partial charge in [-0.05, 0) is 17.5 Å². The Morgan fingerprint density at radius 2 is 2.15 bits per heavy atom. The molecule has 0 radical (unpaired) electrons. The maximum atomic E-state index is 9.31. The summed E-state index contributed by atoms with van der Waals surface area (Å²) in [5.41, 5.74) is 6.41. The highest BCUT2D eigenvalue weighted by Crippen LogP contribution is 2.34. The van der Waals surface area contributed by atoms with Crippen molar-refractivity contribution >= 4 is 43.0 Å². The number of nitrogen functional groups attached to an aromatic ring is 1. The molecule has 0 aliphatic heterocycles. The molecule has 0 aliphatic carbocycles. The second kappa shape index (κ2) is 3.20. The molecule has 0 atom stereocenters. The second-order valence-corrected chi connectivity index (χ2v) is 4.50. The van der Waals surface area contributed by atoms with E-state index in [1.807, 2.05) is 6.07 Å². The van der Waals surface area contributed by atoms with E-state index in [0.717, 1.165) is 15.4 Å². The lowest BCUT2D eigenvalue weighted by atomic mass is 10.2. The number of halogens is 1. The first-order valence-electron chi connectivity index (χ1n) is 3.77. The van der Waals surface area contributed by atoms with Gasteiger partial charge in [0.25, 0.3) is 0 Å². The van der Waals surface area contributed by atoms with E-state index < -0.39 is 0 Å². The number of hydrogen-bond donors (Lipinski definition) is 2. The number of phenols is 1. The van der Waals surface area contributed by atoms with Crippen molar-refractivity contribution in [1.82, 2.24) is 0 Å². The molecule has 1 aromatic heterocycles. The molecule has 13 heavy (non-hydrogen) atoms. The van der Waals surface area contributed by atoms with Crippen LogP contribution in [0.2, 0.25) is 0 Å². The third-order valence-electron chi connectivity index (χ3n) is 1.81. The van der Waals surface area contributed by atoms with Crippen LogP contribution in [0, 0.1) is 0 Å². The van der Waals surface area contributed by atoms with E-state index in [0.29, 0.717) is 5.69 Å². The summed E-state index contributed by atoms with van der Waals surface area (Å²) < 4.78 is 1.05. The smallest absolute Gasteiger partial charge is 0.118 e. The zero-order valence-corrected chi connectivity index (χ0v) is 9.15. The first kappa shape index (κ1) is 8.84. The van der Waals surface area contributed by atoms with Crippen molar-refractivity contribution in [3.63, 3.8) is 0 Å². The van der Waals surface area contributed by atoms with Crippen molar-refractivity contribution in [3.05, 3.63) is 23.1 Å². The third kappa shape index (κ3) is 1.51. The van der Waals surface area contributed by atoms with Crippen LogP contribution in [0.4, 0.5) is 5.69 Å². The zero-order valence-electron chi connectivity index (χ0n) is 6.75. The Hall–Kier alpha value is -0.740. The third-order valence-corrected chi connectivity index (χ3v) is 3.99. The molecule has 0 unspecified atom stereocenters. The number of hydrogen-bond acceptors (Lipinski definition) is 3. The monoisotopic (exact) mass is 257 g/mol. The van der Waals surface area contributed by atoms with Gasteiger partial charge in [-0.1, -0.05) is 15.9 Å². The van der Waals surface area contributed by atoms with Gasteiger partial charge in [-0.3, -0.25) is 0 Å². The summed E-state index contributed by atoms with van der Waals surface area (Å²) >= 11 is 5.04. The lowest BCUT2D eigenvalue weighted by molar-refractivity contribution is 0.476. The van der Waals surface area contributed by atoms with Crippen LogP contribution in [-0.2, 0) is 5.33 Å². The van der Waals surface area contributed by atoms with E-state index in [1.54, 1.807) is 23.5 Å². The van der Waals surface area contributed by atoms with Crippen molar-refractivity contribution in [1.29, 1.82) is 0 Å². The maximum Gasteiger partial charge on any atom is 0.118 e. The van der Waals surface area contributed by atoms with Crippen LogP contribution in [0.3, 0.4) is 0 Å². The molecule has 0 amide bonds. The minimum atomic E-state index is 0.226. The fourth-order valence-electron chi connectivity index (χ4n) is 1.28. The molecule has 68 valence electrons. The second-order valence-electron chi connectivity index (χ2n) is 2.80. The molecule has 1 aromatic carbocycles. The first-order chi connectivity index (χ1) is 6.20. The van der Waals surface area contributed by atoms with Gasteiger partial charge in [0.05, 0.1) is 10.4 Å². The van der Waals surface area contributed by atoms with E-state index in [2.05, 4.69) is 15.9 Å². The lowest BCUT2D eigenvalue weighted by Crippen LogP contribution is -1.82. The van der Waals surface area contributed by atoms with Crippen LogP contribution in [0.5, 0.6) is 5.75 Å². The Morgan fingerprint density at radius 1 is 1.38 bits per heavy atom. The predicted molar refractivity (Wildman–Crippen MR) is 60.5 cm³/mol. The molecule has 0 bridgehead atoms. The zero-order chi connectivity index (χ0) is 9.42. The minimum Gasteiger partial charge on any atom is -0.508 e. The van der Waals surface area contributed by atoms with Gasteiger partial charge in [0.2, 0.25) is 0 Å². The normalized spacial score (nSPS) is 10.8. The predicted octanol–water partition coefficient (Wildman–Crippen LogP) is 3.08. The average molecular weight is 258 g/mol. The average Bonchev–Trinajstić information content (AvgIpc) is 2.47. The number of thiophene rings is 1. The molecule has 0 spiro atoms. The Balaban J connectivity index is 2.75. The van der Waals surface area contributed by atoms with Gasteiger partial charge < -0.3 is 10.8 Å². The molecular weight excluding hydrogens is 250 g/mol. The van der Waals surface area contributed by atoms with Crippen molar-refractivity contribution in [2.75, 3.05) is 5.73 Å². The van der Waals surface area contributed by atoms with Crippen molar-refractivity contribution in [3.8, 4) is 5.75 Å². The van der Waals surface area contributed by atoms with E-state index in [1.165, 1.54) is 4.88 Å². The lowest BCUT2D eigenvalue weighted by Gasteiger charge is -1.96. The van der Waals surface area contributed by atoms with Gasteiger partial charge in [0.1, 0.15) is 5.75 Å². The fraction of sp³-hybridized carbons (Fsp3) is 0.111. The quantitative estimate of drug-likeness (QED) is 0.610. The van der Waals surface area contributed by atoms with Gasteiger partial charge >= 0.3 is 0 Å². The number of aromatic hydroxyl groups is 1. The number of alkyl halides is 1. The first-order valence-corrected chi connectivity index (χ1v) is 5.71. The molecule has 2 aromatic rings. The summed E-state index contributed by atoms with van der Waals surface area (Å²) in [6.45, 7) is 0. The number of nitrogens with two attached hydrogens (primary N) is 1. The van der Waals surface area contributed by atoms with Crippen molar-refractivity contribution in [2.45, 2.75) is 5.33 Å². The summed E-state index contributed by atoms with van der Waals surface area (Å²) in [5.74, 6) is 0.226. The standard InChI is InChI=1S/C9H8BrNOS/c10-4-7-2-5-1-6(12)3-8(11)9(5)13-7/h1-3,12H,4,11H2. The molecule has 2 rings (SSSR count). The molecule has 4 heteroatoms. The Bertz CT molecular complexity index is 452. The van der Waals surface area contributed by atoms with Crippen LogP contribution in [0.25, 0.3) is 10.1 Å². The summed E-state index contributed by atoms with van der Waals surface area (Å²) in [7, 11) is 0. The number of anilines is 1. The van der Waals surface area contributed by atoms with Crippen LogP contribution in [0.1, 0.15) is 4.88 Å². The number of rotatable bonds is 1. The molecule has 0 saturated carbocycles. The van der Waals surface area contributed by atoms with Gasteiger partial charge in [-0.2, -0.15) is 0 Å². The summed E-state index contributed by atoms with van der Waals surface area (Å²) in [6.07, 6.45) is 0. The van der Waals surface area contributed by atoms with Gasteiger partial charge in [0.15, 0.2) is 0 Å². The highest BCUT2D eigenvalue weighted by atomic mass is 79.9. The van der Waals surface area contributed by atoms with Crippen LogP contribution >= 0.6 is 27.3 Å². The Morgan fingerprint density at radius 3 is 2.85 bits per heavy atom. The molecule has 0 fully saturated rings. The van der Waals surface area contributed by atoms with E-state index in [-0.39, 0.29) is 5.75 Å². The van der Waals surface area contributed by atoms with Gasteiger partial charge in [-0.15, -0.1) is 11.3 Å². The van der Waals surface area contributed by atoms with Crippen LogP contribution in [-0.4, -0.2) is 5.11 Å². The highest BCUT2D eigenvalue weighted by molar-refractivity contribution is 9.08. The summed E-state index contributed by atoms with van der Waals surface area (Å²) in [6, 6.07) is 5.34. The molecule has 2 nitrogen and oxygen atoms in total. The molecule has 0 aliphatic rings. The molecule has 1 heterocycles. The van der Waals surface area contributed by atoms with E-state index in [4.69, 9.17) is 5.73 Å². The molecular formula is C9H8BrNOS. The number of fused-ring (bicyclic) bond motifs is 1. The minimum absolute atomic E-state index is 0.226. The summed E-state index contributed by atoms with van der Waals surface area (Å²) in [5, 5.41) is 11.1. The molecule has 3 N–H and O–H groups in total. The Kier molecular flexibility index (Phi) is 2.17. The fourth-order valence-corrected chi connectivity index (χ4v) is 2.70. The van der Waals surface area contributed by atoms with Gasteiger partial charge in [-0.25, -0.2) is 0 Å². The van der Waals surface area contributed by atoms with Gasteiger partial charge in [0, 0.05) is 16.3 Å². The van der Waals surface area contributed by atoms with E-state index >= 15 is 0 Å². The largest absolute Gasteiger partial charge is 0.508 e. The van der Waals surface area contributed by atoms with Crippen molar-refractivity contribution < 1.29 is 5.11 Å². The topological polar surface area (TPSA) is 46.2 Å². The van der Waals surface area contributed by atoms with E-state index in [9.17, 15) is 5.11 Å². The number of phenolic OH excluding ortho intramolecular Hbond substituents is 1. The number of benzene rings is 1. The molecule has 0 saturated heterocycles. The SMILES string of the molecule is Nc1cc(O)cc2cc(CBr)sc12. The van der Waals surface area contributed by atoms with Crippen LogP contribution < -0.4 is 5.73 Å². The van der Waals surface area contributed by atoms with Crippen LogP contribution in [0.15, 0.2) is 18.2 Å². The Labute approximate surface area is 88.1 Å². The van der Waals surface area contributed by atoms with Crippen molar-refractivity contribution in [2.24, 2.45) is 0 Å². The summed E-state index contributed by atoms with van der Waals surface area (Å²) in [4.78, 5) is 1.22.